The Hall–Kier alpha value is -1.18. The predicted molar refractivity (Wildman–Crippen MR) is 130 cm³/mol. The lowest BCUT2D eigenvalue weighted by molar-refractivity contribution is 0.0521. The van der Waals surface area contributed by atoms with Gasteiger partial charge in [-0.15, -0.1) is 0 Å². The van der Waals surface area contributed by atoms with Gasteiger partial charge in [0, 0.05) is 5.56 Å². The summed E-state index contributed by atoms with van der Waals surface area (Å²) in [6.45, 7) is 10.7. The van der Waals surface area contributed by atoms with Gasteiger partial charge in [0.25, 0.3) is 0 Å². The number of ether oxygens (including phenoxy) is 1. The first-order chi connectivity index (χ1) is 14.4. The smallest absolute Gasteiger partial charge is 0.127 e. The van der Waals surface area contributed by atoms with Gasteiger partial charge < -0.3 is 9.84 Å². The summed E-state index contributed by atoms with van der Waals surface area (Å²) in [7, 11) is 0. The van der Waals surface area contributed by atoms with Gasteiger partial charge in [0.2, 0.25) is 0 Å². The molecule has 2 heteroatoms. The molecular formula is C28H48O2. The predicted octanol–water partition coefficient (Wildman–Crippen LogP) is 8.88. The van der Waals surface area contributed by atoms with Crippen molar-refractivity contribution in [3.8, 4) is 11.5 Å². The Bertz CT molecular complexity index is 649. The number of hydrogen-bond acceptors (Lipinski definition) is 2. The number of phenols is 1. The molecule has 0 fully saturated rings. The van der Waals surface area contributed by atoms with Crippen LogP contribution >= 0.6 is 0 Å². The third-order valence-corrected chi connectivity index (χ3v) is 7.40. The highest BCUT2D eigenvalue weighted by Gasteiger charge is 2.34. The Morgan fingerprint density at radius 2 is 1.23 bits per heavy atom. The van der Waals surface area contributed by atoms with Gasteiger partial charge in [-0.2, -0.15) is 0 Å². The van der Waals surface area contributed by atoms with Gasteiger partial charge in [-0.1, -0.05) is 84.0 Å². The third-order valence-electron chi connectivity index (χ3n) is 7.40. The van der Waals surface area contributed by atoms with Gasteiger partial charge in [-0.05, 0) is 70.1 Å². The zero-order chi connectivity index (χ0) is 22.0. The molecule has 1 unspecified atom stereocenters. The highest BCUT2D eigenvalue weighted by atomic mass is 16.5. The molecule has 0 spiro atoms. The minimum Gasteiger partial charge on any atom is -0.507 e. The maximum atomic E-state index is 10.4. The van der Waals surface area contributed by atoms with Crippen molar-refractivity contribution in [2.45, 2.75) is 143 Å². The molecule has 0 saturated carbocycles. The van der Waals surface area contributed by atoms with E-state index in [1.807, 2.05) is 13.8 Å². The van der Waals surface area contributed by atoms with Crippen LogP contribution in [0.4, 0.5) is 0 Å². The molecule has 1 aliphatic heterocycles. The summed E-state index contributed by atoms with van der Waals surface area (Å²) in [4.78, 5) is 0. The van der Waals surface area contributed by atoms with Crippen LogP contribution in [0.2, 0.25) is 0 Å². The molecule has 30 heavy (non-hydrogen) atoms. The first kappa shape index (κ1) is 25.1. The highest BCUT2D eigenvalue weighted by Crippen LogP contribution is 2.44. The molecule has 0 amide bonds. The molecule has 1 aliphatic rings. The number of hydrogen-bond donors (Lipinski definition) is 1. The molecule has 0 saturated heterocycles. The second kappa shape index (κ2) is 12.6. The molecule has 1 aromatic carbocycles. The molecule has 1 aromatic rings. The van der Waals surface area contributed by atoms with Crippen LogP contribution in [0.5, 0.6) is 11.5 Å². The lowest BCUT2D eigenvalue weighted by Gasteiger charge is -2.38. The van der Waals surface area contributed by atoms with E-state index in [1.165, 1.54) is 89.0 Å². The van der Waals surface area contributed by atoms with E-state index >= 15 is 0 Å². The van der Waals surface area contributed by atoms with Crippen LogP contribution in [0.15, 0.2) is 0 Å². The number of fused-ring (bicyclic) bond motifs is 1. The largest absolute Gasteiger partial charge is 0.507 e. The molecule has 1 atom stereocenters. The van der Waals surface area contributed by atoms with Gasteiger partial charge in [-0.3, -0.25) is 0 Å². The zero-order valence-electron chi connectivity index (χ0n) is 20.7. The average molecular weight is 417 g/mol. The number of unbranched alkanes of at least 4 members (excludes halogenated alkanes) is 12. The quantitative estimate of drug-likeness (QED) is 0.307. The summed E-state index contributed by atoms with van der Waals surface area (Å²) >= 11 is 0. The van der Waals surface area contributed by atoms with Crippen molar-refractivity contribution in [2.24, 2.45) is 0 Å². The summed E-state index contributed by atoms with van der Waals surface area (Å²) < 4.78 is 6.56. The fourth-order valence-corrected chi connectivity index (χ4v) is 4.99. The van der Waals surface area contributed by atoms with Crippen molar-refractivity contribution in [2.75, 3.05) is 0 Å². The van der Waals surface area contributed by atoms with Crippen molar-refractivity contribution >= 4 is 0 Å². The summed E-state index contributed by atoms with van der Waals surface area (Å²) in [5.74, 6) is 1.50. The van der Waals surface area contributed by atoms with Gasteiger partial charge in [-0.25, -0.2) is 0 Å². The SMILES string of the molecule is CCCCCCCCCCCCCCCC1(C)CCc2c(C)c(O)c(C)c(C)c2O1. The van der Waals surface area contributed by atoms with Crippen molar-refractivity contribution < 1.29 is 9.84 Å². The highest BCUT2D eigenvalue weighted by molar-refractivity contribution is 5.58. The Morgan fingerprint density at radius 1 is 0.733 bits per heavy atom. The van der Waals surface area contributed by atoms with E-state index in [0.29, 0.717) is 5.75 Å². The minimum absolute atomic E-state index is 0.0502. The number of aromatic hydroxyl groups is 1. The summed E-state index contributed by atoms with van der Waals surface area (Å²) in [5, 5.41) is 10.4. The Labute approximate surface area is 186 Å². The molecule has 2 rings (SSSR count). The number of phenolic OH excluding ortho intramolecular Hbond substituents is 1. The van der Waals surface area contributed by atoms with Gasteiger partial charge >= 0.3 is 0 Å². The van der Waals surface area contributed by atoms with Crippen LogP contribution in [0, 0.1) is 20.8 Å². The number of rotatable bonds is 14. The van der Waals surface area contributed by atoms with E-state index in [-0.39, 0.29) is 5.60 Å². The van der Waals surface area contributed by atoms with Gasteiger partial charge in [0.05, 0.1) is 0 Å². The normalized spacial score (nSPS) is 18.3. The van der Waals surface area contributed by atoms with E-state index in [0.717, 1.165) is 41.7 Å². The Balaban J connectivity index is 1.60. The standard InChI is InChI=1S/C28H48O2/c1-6-7-8-9-10-11-12-13-14-15-16-17-18-20-28(5)21-19-25-24(4)26(29)22(2)23(3)27(25)30-28/h29H,6-21H2,1-5H3. The lowest BCUT2D eigenvalue weighted by Crippen LogP contribution is -2.37. The molecule has 0 aliphatic carbocycles. The van der Waals surface area contributed by atoms with E-state index in [9.17, 15) is 5.11 Å². The van der Waals surface area contributed by atoms with Gasteiger partial charge in [0.15, 0.2) is 0 Å². The van der Waals surface area contributed by atoms with Crippen LogP contribution in [0.25, 0.3) is 0 Å². The minimum atomic E-state index is -0.0502. The lowest BCUT2D eigenvalue weighted by atomic mass is 9.84. The molecule has 2 nitrogen and oxygen atoms in total. The van der Waals surface area contributed by atoms with Gasteiger partial charge in [0.1, 0.15) is 17.1 Å². The summed E-state index contributed by atoms with van der Waals surface area (Å²) in [6.07, 6.45) is 21.4. The molecule has 0 bridgehead atoms. The maximum absolute atomic E-state index is 10.4. The van der Waals surface area contributed by atoms with Crippen molar-refractivity contribution in [3.63, 3.8) is 0 Å². The van der Waals surface area contributed by atoms with E-state index in [4.69, 9.17) is 4.74 Å². The van der Waals surface area contributed by atoms with Crippen molar-refractivity contribution in [1.82, 2.24) is 0 Å². The van der Waals surface area contributed by atoms with E-state index < -0.39 is 0 Å². The van der Waals surface area contributed by atoms with Crippen LogP contribution < -0.4 is 4.74 Å². The molecule has 1 N–H and O–H groups in total. The Morgan fingerprint density at radius 3 is 1.77 bits per heavy atom. The zero-order valence-corrected chi connectivity index (χ0v) is 20.7. The first-order valence-electron chi connectivity index (χ1n) is 12.9. The maximum Gasteiger partial charge on any atom is 0.127 e. The monoisotopic (exact) mass is 416 g/mol. The third kappa shape index (κ3) is 7.20. The topological polar surface area (TPSA) is 29.5 Å². The van der Waals surface area contributed by atoms with E-state index in [2.05, 4.69) is 20.8 Å². The van der Waals surface area contributed by atoms with Crippen LogP contribution in [0.3, 0.4) is 0 Å². The van der Waals surface area contributed by atoms with Crippen molar-refractivity contribution in [3.05, 3.63) is 22.3 Å². The molecule has 1 heterocycles. The van der Waals surface area contributed by atoms with E-state index in [1.54, 1.807) is 0 Å². The van der Waals surface area contributed by atoms with Crippen LogP contribution in [-0.2, 0) is 6.42 Å². The molecule has 0 radical (unpaired) electrons. The Kier molecular flexibility index (Phi) is 10.6. The first-order valence-corrected chi connectivity index (χ1v) is 12.9. The van der Waals surface area contributed by atoms with Crippen LogP contribution in [-0.4, -0.2) is 10.7 Å². The fraction of sp³-hybridized carbons (Fsp3) is 0.786. The average Bonchev–Trinajstić information content (AvgIpc) is 2.74. The second-order valence-corrected chi connectivity index (χ2v) is 10.1. The summed E-state index contributed by atoms with van der Waals surface area (Å²) in [5.41, 5.74) is 4.26. The second-order valence-electron chi connectivity index (χ2n) is 10.1. The molecule has 0 aromatic heterocycles. The molecule has 172 valence electrons. The van der Waals surface area contributed by atoms with Crippen molar-refractivity contribution in [1.29, 1.82) is 0 Å². The fourth-order valence-electron chi connectivity index (χ4n) is 4.99. The summed E-state index contributed by atoms with van der Waals surface area (Å²) in [6, 6.07) is 0. The molecular weight excluding hydrogens is 368 g/mol. The number of benzene rings is 1. The van der Waals surface area contributed by atoms with Crippen LogP contribution in [0.1, 0.15) is 132 Å².